The molecule has 0 radical (unpaired) electrons. The van der Waals surface area contributed by atoms with E-state index in [2.05, 4.69) is 5.32 Å². The summed E-state index contributed by atoms with van der Waals surface area (Å²) in [7, 11) is 0. The quantitative estimate of drug-likeness (QED) is 0.768. The molecular formula is C11H14FNS. The highest BCUT2D eigenvalue weighted by molar-refractivity contribution is 7.99. The largest absolute Gasteiger partial charge is 0.316 e. The van der Waals surface area contributed by atoms with Crippen LogP contribution in [0.5, 0.6) is 0 Å². The molecule has 2 rings (SSSR count). The Balaban J connectivity index is 1.74. The normalized spacial score (nSPS) is 16.6. The molecule has 1 aliphatic rings. The Morgan fingerprint density at radius 2 is 2.29 bits per heavy atom. The molecule has 3 heteroatoms. The minimum Gasteiger partial charge on any atom is -0.316 e. The van der Waals surface area contributed by atoms with Crippen LogP contribution >= 0.6 is 11.8 Å². The predicted octanol–water partition coefficient (Wildman–Crippen LogP) is 2.53. The zero-order valence-corrected chi connectivity index (χ0v) is 8.82. The fraction of sp³-hybridized carbons (Fsp3) is 0.455. The standard InChI is InChI=1S/C11H14FNS/c12-10-2-1-3-11(6-10)14-5-4-9-7-13-8-9/h1-3,6,9,13H,4-5,7-8H2. The molecule has 1 aromatic carbocycles. The molecule has 1 aromatic rings. The molecule has 0 aromatic heterocycles. The van der Waals surface area contributed by atoms with E-state index in [4.69, 9.17) is 0 Å². The number of halogens is 1. The number of rotatable bonds is 4. The SMILES string of the molecule is Fc1cccc(SCCC2CNC2)c1. The van der Waals surface area contributed by atoms with E-state index in [1.807, 2.05) is 6.07 Å². The van der Waals surface area contributed by atoms with E-state index >= 15 is 0 Å². The summed E-state index contributed by atoms with van der Waals surface area (Å²) in [6, 6.07) is 6.82. The van der Waals surface area contributed by atoms with Crippen LogP contribution in [-0.4, -0.2) is 18.8 Å². The Morgan fingerprint density at radius 1 is 1.43 bits per heavy atom. The number of hydrogen-bond acceptors (Lipinski definition) is 2. The summed E-state index contributed by atoms with van der Waals surface area (Å²) in [5, 5.41) is 3.25. The van der Waals surface area contributed by atoms with Crippen molar-refractivity contribution < 1.29 is 4.39 Å². The minimum absolute atomic E-state index is 0.139. The van der Waals surface area contributed by atoms with Crippen molar-refractivity contribution in [2.45, 2.75) is 11.3 Å². The van der Waals surface area contributed by atoms with Crippen LogP contribution in [-0.2, 0) is 0 Å². The van der Waals surface area contributed by atoms with Crippen LogP contribution in [0.1, 0.15) is 6.42 Å². The van der Waals surface area contributed by atoms with Crippen molar-refractivity contribution in [1.29, 1.82) is 0 Å². The molecule has 0 bridgehead atoms. The van der Waals surface area contributed by atoms with Gasteiger partial charge in [-0.1, -0.05) is 6.07 Å². The molecule has 0 atom stereocenters. The van der Waals surface area contributed by atoms with E-state index < -0.39 is 0 Å². The molecule has 1 nitrogen and oxygen atoms in total. The fourth-order valence-electron chi connectivity index (χ4n) is 1.45. The molecule has 1 saturated heterocycles. The van der Waals surface area contributed by atoms with E-state index in [0.717, 1.165) is 29.7 Å². The average Bonchev–Trinajstić information content (AvgIpc) is 2.09. The fourth-order valence-corrected chi connectivity index (χ4v) is 2.51. The zero-order valence-electron chi connectivity index (χ0n) is 8.00. The number of nitrogens with one attached hydrogen (secondary N) is 1. The van der Waals surface area contributed by atoms with Crippen molar-refractivity contribution in [1.82, 2.24) is 5.32 Å². The highest BCUT2D eigenvalue weighted by Crippen LogP contribution is 2.22. The maximum Gasteiger partial charge on any atom is 0.124 e. The van der Waals surface area contributed by atoms with Crippen LogP contribution in [0.3, 0.4) is 0 Å². The Kier molecular flexibility index (Phi) is 3.43. The molecule has 0 saturated carbocycles. The highest BCUT2D eigenvalue weighted by atomic mass is 32.2. The molecule has 0 spiro atoms. The molecular weight excluding hydrogens is 197 g/mol. The van der Waals surface area contributed by atoms with Gasteiger partial charge in [-0.3, -0.25) is 0 Å². The molecule has 0 unspecified atom stereocenters. The van der Waals surface area contributed by atoms with Gasteiger partial charge in [0.05, 0.1) is 0 Å². The van der Waals surface area contributed by atoms with Gasteiger partial charge >= 0.3 is 0 Å². The molecule has 1 fully saturated rings. The van der Waals surface area contributed by atoms with Gasteiger partial charge in [-0.25, -0.2) is 4.39 Å². The molecule has 1 N–H and O–H groups in total. The van der Waals surface area contributed by atoms with Crippen molar-refractivity contribution in [2.75, 3.05) is 18.8 Å². The Bertz CT molecular complexity index is 299. The van der Waals surface area contributed by atoms with Crippen molar-refractivity contribution in [3.8, 4) is 0 Å². The van der Waals surface area contributed by atoms with Crippen molar-refractivity contribution in [2.24, 2.45) is 5.92 Å². The smallest absolute Gasteiger partial charge is 0.124 e. The molecule has 1 heterocycles. The number of thioether (sulfide) groups is 1. The van der Waals surface area contributed by atoms with Crippen LogP contribution in [0.25, 0.3) is 0 Å². The maximum atomic E-state index is 12.8. The maximum absolute atomic E-state index is 12.8. The van der Waals surface area contributed by atoms with Crippen molar-refractivity contribution in [3.05, 3.63) is 30.1 Å². The summed E-state index contributed by atoms with van der Waals surface area (Å²) in [5.41, 5.74) is 0. The zero-order chi connectivity index (χ0) is 9.80. The molecule has 1 aliphatic heterocycles. The van der Waals surface area contributed by atoms with Gasteiger partial charge in [0.1, 0.15) is 5.82 Å². The van der Waals surface area contributed by atoms with Crippen LogP contribution in [0, 0.1) is 11.7 Å². The first kappa shape index (κ1) is 9.99. The molecule has 0 amide bonds. The van der Waals surface area contributed by atoms with Crippen LogP contribution in [0.15, 0.2) is 29.2 Å². The Morgan fingerprint density at radius 3 is 2.93 bits per heavy atom. The Hall–Kier alpha value is -0.540. The second-order valence-corrected chi connectivity index (χ2v) is 4.79. The van der Waals surface area contributed by atoms with Crippen LogP contribution < -0.4 is 5.32 Å². The van der Waals surface area contributed by atoms with Gasteiger partial charge < -0.3 is 5.32 Å². The first-order valence-electron chi connectivity index (χ1n) is 4.94. The summed E-state index contributed by atoms with van der Waals surface area (Å²) in [4.78, 5) is 1.04. The van der Waals surface area contributed by atoms with E-state index in [-0.39, 0.29) is 5.82 Å². The van der Waals surface area contributed by atoms with Gasteiger partial charge in [0.2, 0.25) is 0 Å². The van der Waals surface area contributed by atoms with Gasteiger partial charge in [-0.2, -0.15) is 0 Å². The van der Waals surface area contributed by atoms with Gasteiger partial charge in [0, 0.05) is 4.90 Å². The minimum atomic E-state index is -0.139. The van der Waals surface area contributed by atoms with Crippen molar-refractivity contribution in [3.63, 3.8) is 0 Å². The summed E-state index contributed by atoms with van der Waals surface area (Å²) < 4.78 is 12.8. The van der Waals surface area contributed by atoms with Crippen molar-refractivity contribution >= 4 is 11.8 Å². The van der Waals surface area contributed by atoms with Gasteiger partial charge in [0.25, 0.3) is 0 Å². The highest BCUT2D eigenvalue weighted by Gasteiger charge is 2.15. The van der Waals surface area contributed by atoms with Crippen LogP contribution in [0.4, 0.5) is 4.39 Å². The van der Waals surface area contributed by atoms with Gasteiger partial charge in [-0.05, 0) is 49.4 Å². The first-order valence-corrected chi connectivity index (χ1v) is 5.92. The lowest BCUT2D eigenvalue weighted by atomic mass is 10.0. The molecule has 0 aliphatic carbocycles. The monoisotopic (exact) mass is 211 g/mol. The lowest BCUT2D eigenvalue weighted by Crippen LogP contribution is -2.42. The summed E-state index contributed by atoms with van der Waals surface area (Å²) in [6.45, 7) is 2.31. The Labute approximate surface area is 88.1 Å². The van der Waals surface area contributed by atoms with E-state index in [9.17, 15) is 4.39 Å². The van der Waals surface area contributed by atoms with E-state index in [1.54, 1.807) is 23.9 Å². The topological polar surface area (TPSA) is 12.0 Å². The first-order chi connectivity index (χ1) is 6.84. The molecule has 14 heavy (non-hydrogen) atoms. The third-order valence-corrected chi connectivity index (χ3v) is 3.48. The third kappa shape index (κ3) is 2.72. The second-order valence-electron chi connectivity index (χ2n) is 3.62. The number of benzene rings is 1. The van der Waals surface area contributed by atoms with E-state index in [1.165, 1.54) is 12.5 Å². The summed E-state index contributed by atoms with van der Waals surface area (Å²) >= 11 is 1.74. The summed E-state index contributed by atoms with van der Waals surface area (Å²) in [6.07, 6.45) is 1.23. The second kappa shape index (κ2) is 4.80. The molecule has 76 valence electrons. The lowest BCUT2D eigenvalue weighted by molar-refractivity contribution is 0.341. The van der Waals surface area contributed by atoms with Crippen LogP contribution in [0.2, 0.25) is 0 Å². The average molecular weight is 211 g/mol. The predicted molar refractivity (Wildman–Crippen MR) is 58.1 cm³/mol. The van der Waals surface area contributed by atoms with Gasteiger partial charge in [-0.15, -0.1) is 11.8 Å². The third-order valence-electron chi connectivity index (χ3n) is 2.46. The van der Waals surface area contributed by atoms with Gasteiger partial charge in [0.15, 0.2) is 0 Å². The van der Waals surface area contributed by atoms with E-state index in [0.29, 0.717) is 0 Å². The number of hydrogen-bond donors (Lipinski definition) is 1. The summed E-state index contributed by atoms with van der Waals surface area (Å²) in [5.74, 6) is 1.80. The lowest BCUT2D eigenvalue weighted by Gasteiger charge is -2.26.